The number of rotatable bonds is 12. The Bertz CT molecular complexity index is 1550. The maximum Gasteiger partial charge on any atom is 0.573 e. The molecule has 1 unspecified atom stereocenters. The summed E-state index contributed by atoms with van der Waals surface area (Å²) in [6.07, 6.45) is -4.90. The lowest BCUT2D eigenvalue weighted by Crippen LogP contribution is -2.40. The largest absolute Gasteiger partial charge is 0.573 e. The van der Waals surface area contributed by atoms with E-state index in [-0.39, 0.29) is 36.8 Å². The molecule has 1 atom stereocenters. The Morgan fingerprint density at radius 2 is 1.62 bits per heavy atom. The highest BCUT2D eigenvalue weighted by atomic mass is 19.4. The summed E-state index contributed by atoms with van der Waals surface area (Å²) in [5.74, 6) is 0.312. The van der Waals surface area contributed by atoms with E-state index in [4.69, 9.17) is 14.5 Å². The number of nitrogens with zero attached hydrogens (tertiary/aromatic N) is 3. The van der Waals surface area contributed by atoms with Gasteiger partial charge in [-0.2, -0.15) is 0 Å². The summed E-state index contributed by atoms with van der Waals surface area (Å²) < 4.78 is 54.2. The van der Waals surface area contributed by atoms with Crippen LogP contribution in [0.4, 0.5) is 13.2 Å². The minimum absolute atomic E-state index is 0.0936. The van der Waals surface area contributed by atoms with Crippen molar-refractivity contribution in [2.45, 2.75) is 39.6 Å². The number of hydrogen-bond acceptors (Lipinski definition) is 6. The normalized spacial score (nSPS) is 12.2. The van der Waals surface area contributed by atoms with Gasteiger partial charge in [-0.3, -0.25) is 14.2 Å². The number of halogens is 3. The van der Waals surface area contributed by atoms with Crippen molar-refractivity contribution in [2.24, 2.45) is 0 Å². The highest BCUT2D eigenvalue weighted by molar-refractivity contribution is 5.80. The van der Waals surface area contributed by atoms with E-state index in [1.807, 2.05) is 13.8 Å². The van der Waals surface area contributed by atoms with Gasteiger partial charge in [0.05, 0.1) is 42.3 Å². The molecule has 0 fully saturated rings. The number of ether oxygens (including phenoxy) is 3. The molecule has 0 radical (unpaired) electrons. The molecule has 0 spiro atoms. The Balaban J connectivity index is 1.72. The smallest absolute Gasteiger partial charge is 0.494 e. The fourth-order valence-corrected chi connectivity index (χ4v) is 4.60. The van der Waals surface area contributed by atoms with E-state index in [9.17, 15) is 22.8 Å². The van der Waals surface area contributed by atoms with Crippen LogP contribution in [0.1, 0.15) is 38.2 Å². The van der Waals surface area contributed by atoms with Gasteiger partial charge in [0.2, 0.25) is 5.91 Å². The van der Waals surface area contributed by atoms with Crippen LogP contribution in [0.5, 0.6) is 11.5 Å². The summed E-state index contributed by atoms with van der Waals surface area (Å²) in [5.41, 5.74) is 1.26. The molecular weight excluding hydrogens is 551 g/mol. The van der Waals surface area contributed by atoms with Crippen molar-refractivity contribution >= 4 is 16.8 Å². The fraction of sp³-hybridized carbons (Fsp3) is 0.323. The summed E-state index contributed by atoms with van der Waals surface area (Å²) in [4.78, 5) is 33.9. The van der Waals surface area contributed by atoms with Crippen LogP contribution in [0.3, 0.4) is 0 Å². The predicted molar refractivity (Wildman–Crippen MR) is 152 cm³/mol. The molecule has 0 saturated carbocycles. The van der Waals surface area contributed by atoms with Gasteiger partial charge in [-0.25, -0.2) is 4.98 Å². The van der Waals surface area contributed by atoms with Crippen LogP contribution in [0, 0.1) is 0 Å². The number of benzene rings is 3. The topological polar surface area (TPSA) is 82.9 Å². The van der Waals surface area contributed by atoms with Gasteiger partial charge in [-0.1, -0.05) is 24.3 Å². The molecule has 222 valence electrons. The first kappa shape index (κ1) is 30.6. The zero-order valence-electron chi connectivity index (χ0n) is 23.6. The zero-order chi connectivity index (χ0) is 30.3. The average molecular weight is 584 g/mol. The van der Waals surface area contributed by atoms with Gasteiger partial charge >= 0.3 is 6.36 Å². The molecule has 0 saturated heterocycles. The highest BCUT2D eigenvalue weighted by Crippen LogP contribution is 2.26. The van der Waals surface area contributed by atoms with Crippen LogP contribution in [0.25, 0.3) is 16.6 Å². The summed E-state index contributed by atoms with van der Waals surface area (Å²) in [6, 6.07) is 18.5. The second kappa shape index (κ2) is 13.5. The highest BCUT2D eigenvalue weighted by Gasteiger charge is 2.31. The van der Waals surface area contributed by atoms with Gasteiger partial charge in [0.25, 0.3) is 5.56 Å². The third-order valence-electron chi connectivity index (χ3n) is 6.56. The second-order valence-corrected chi connectivity index (χ2v) is 9.38. The average Bonchev–Trinajstić information content (AvgIpc) is 2.96. The van der Waals surface area contributed by atoms with Crippen LogP contribution >= 0.6 is 0 Å². The van der Waals surface area contributed by atoms with Gasteiger partial charge in [-0.15, -0.1) is 13.2 Å². The van der Waals surface area contributed by atoms with E-state index in [1.54, 1.807) is 60.4 Å². The maximum atomic E-state index is 13.8. The SMILES string of the molecule is CCOCCN(C(=O)Cc1ccc(OC(F)(F)F)cc1)C(C)c1nc2ccccc2c(=O)n1-c1ccc(OCC)cc1. The molecular formula is C31H32F3N3O5. The first-order valence-corrected chi connectivity index (χ1v) is 13.6. The Kier molecular flexibility index (Phi) is 9.84. The molecule has 1 heterocycles. The molecule has 4 aromatic rings. The summed E-state index contributed by atoms with van der Waals surface area (Å²) in [7, 11) is 0. The molecule has 1 aromatic heterocycles. The Labute approximate surface area is 241 Å². The number of fused-ring (bicyclic) bond motifs is 1. The van der Waals surface area contributed by atoms with Crippen LogP contribution < -0.4 is 15.0 Å². The van der Waals surface area contributed by atoms with Crippen LogP contribution in [-0.4, -0.2) is 53.1 Å². The van der Waals surface area contributed by atoms with Crippen molar-refractivity contribution in [3.8, 4) is 17.2 Å². The number of hydrogen-bond donors (Lipinski definition) is 0. The number of amides is 1. The monoisotopic (exact) mass is 583 g/mol. The van der Waals surface area contributed by atoms with Crippen molar-refractivity contribution in [1.82, 2.24) is 14.5 Å². The number of para-hydroxylation sites is 1. The van der Waals surface area contributed by atoms with E-state index in [2.05, 4.69) is 4.74 Å². The molecule has 11 heteroatoms. The molecule has 42 heavy (non-hydrogen) atoms. The van der Waals surface area contributed by atoms with E-state index >= 15 is 0 Å². The van der Waals surface area contributed by atoms with Gasteiger partial charge in [0.1, 0.15) is 17.3 Å². The second-order valence-electron chi connectivity index (χ2n) is 9.38. The van der Waals surface area contributed by atoms with Crippen LogP contribution in [-0.2, 0) is 16.0 Å². The summed E-state index contributed by atoms with van der Waals surface area (Å²) in [6.45, 7) is 6.89. The van der Waals surface area contributed by atoms with E-state index < -0.39 is 12.4 Å². The Hall–Kier alpha value is -4.38. The quantitative estimate of drug-likeness (QED) is 0.195. The van der Waals surface area contributed by atoms with E-state index in [0.717, 1.165) is 0 Å². The lowest BCUT2D eigenvalue weighted by atomic mass is 10.1. The maximum absolute atomic E-state index is 13.8. The van der Waals surface area contributed by atoms with E-state index in [1.165, 1.54) is 28.8 Å². The number of carbonyl (C=O) groups excluding carboxylic acids is 1. The predicted octanol–water partition coefficient (Wildman–Crippen LogP) is 5.85. The van der Waals surface area contributed by atoms with Gasteiger partial charge < -0.3 is 19.1 Å². The molecule has 0 aliphatic carbocycles. The molecule has 8 nitrogen and oxygen atoms in total. The lowest BCUT2D eigenvalue weighted by Gasteiger charge is -2.30. The molecule has 0 N–H and O–H groups in total. The molecule has 0 aliphatic heterocycles. The molecule has 4 rings (SSSR count). The molecule has 3 aromatic carbocycles. The van der Waals surface area contributed by atoms with Crippen molar-refractivity contribution in [2.75, 3.05) is 26.4 Å². The van der Waals surface area contributed by atoms with Gasteiger partial charge in [-0.05, 0) is 74.9 Å². The first-order chi connectivity index (χ1) is 20.1. The molecule has 1 amide bonds. The third kappa shape index (κ3) is 7.47. The molecule has 0 aliphatic rings. The van der Waals surface area contributed by atoms with Gasteiger partial charge in [0.15, 0.2) is 0 Å². The van der Waals surface area contributed by atoms with Crippen LogP contribution in [0.15, 0.2) is 77.6 Å². The van der Waals surface area contributed by atoms with E-state index in [0.29, 0.717) is 46.9 Å². The third-order valence-corrected chi connectivity index (χ3v) is 6.56. The minimum Gasteiger partial charge on any atom is -0.494 e. The van der Waals surface area contributed by atoms with Crippen molar-refractivity contribution < 1.29 is 32.2 Å². The minimum atomic E-state index is -4.81. The fourth-order valence-electron chi connectivity index (χ4n) is 4.60. The lowest BCUT2D eigenvalue weighted by molar-refractivity contribution is -0.274. The van der Waals surface area contributed by atoms with Crippen LogP contribution in [0.2, 0.25) is 0 Å². The van der Waals surface area contributed by atoms with Crippen molar-refractivity contribution in [1.29, 1.82) is 0 Å². The first-order valence-electron chi connectivity index (χ1n) is 13.6. The molecule has 0 bridgehead atoms. The Morgan fingerprint density at radius 1 is 0.952 bits per heavy atom. The number of carbonyl (C=O) groups is 1. The standard InChI is InChI=1S/C31H32F3N3O5/c1-4-40-19-18-36(28(38)20-22-10-14-25(15-11-22)42-31(32,33)34)21(3)29-35-27-9-7-6-8-26(27)30(39)37(29)23-12-16-24(17-13-23)41-5-2/h6-17,21H,4-5,18-20H2,1-3H3. The van der Waals surface area contributed by atoms with Crippen molar-refractivity contribution in [3.63, 3.8) is 0 Å². The number of alkyl halides is 3. The summed E-state index contributed by atoms with van der Waals surface area (Å²) in [5, 5.41) is 0.427. The zero-order valence-corrected chi connectivity index (χ0v) is 23.6. The Morgan fingerprint density at radius 3 is 2.26 bits per heavy atom. The van der Waals surface area contributed by atoms with Crippen molar-refractivity contribution in [3.05, 3.63) is 94.5 Å². The summed E-state index contributed by atoms with van der Waals surface area (Å²) >= 11 is 0. The van der Waals surface area contributed by atoms with Gasteiger partial charge in [0, 0.05) is 13.2 Å². The number of aromatic nitrogens is 2.